The van der Waals surface area contributed by atoms with Gasteiger partial charge in [0, 0.05) is 0 Å². The van der Waals surface area contributed by atoms with Crippen molar-refractivity contribution in [1.82, 2.24) is 9.97 Å². The summed E-state index contributed by atoms with van der Waals surface area (Å²) in [6, 6.07) is 6.59. The molecule has 2 aromatic rings. The highest BCUT2D eigenvalue weighted by molar-refractivity contribution is 5.75. The first-order valence-corrected chi connectivity index (χ1v) is 6.13. The van der Waals surface area contributed by atoms with Gasteiger partial charge in [0.15, 0.2) is 0 Å². The van der Waals surface area contributed by atoms with E-state index in [9.17, 15) is 0 Å². The van der Waals surface area contributed by atoms with E-state index in [0.29, 0.717) is 5.41 Å². The summed E-state index contributed by atoms with van der Waals surface area (Å²) >= 11 is 0. The molecule has 0 radical (unpaired) electrons. The highest BCUT2D eigenvalue weighted by atomic mass is 14.9. The standard InChI is InChI=1S/C14H20N2/c1-4-8-14(3,5-2)11-6-7-12-13(9-11)16-10-15-12/h6-7,9-10H,4-5,8H2,1-3H3,(H,15,16). The lowest BCUT2D eigenvalue weighted by Gasteiger charge is -2.28. The second kappa shape index (κ2) is 4.28. The molecule has 0 aliphatic carbocycles. The summed E-state index contributed by atoms with van der Waals surface area (Å²) < 4.78 is 0. The molecule has 0 spiro atoms. The number of imidazole rings is 1. The topological polar surface area (TPSA) is 28.7 Å². The Labute approximate surface area is 97.1 Å². The molecule has 1 atom stereocenters. The monoisotopic (exact) mass is 216 g/mol. The molecule has 2 rings (SSSR count). The summed E-state index contributed by atoms with van der Waals surface area (Å²) in [5.74, 6) is 0. The number of hydrogen-bond acceptors (Lipinski definition) is 1. The van der Waals surface area contributed by atoms with Crippen LogP contribution >= 0.6 is 0 Å². The van der Waals surface area contributed by atoms with E-state index in [1.54, 1.807) is 6.33 Å². The average molecular weight is 216 g/mol. The van der Waals surface area contributed by atoms with Crippen molar-refractivity contribution in [2.45, 2.75) is 45.4 Å². The first kappa shape index (κ1) is 11.2. The first-order valence-electron chi connectivity index (χ1n) is 6.13. The number of H-pyrrole nitrogens is 1. The van der Waals surface area contributed by atoms with Gasteiger partial charge < -0.3 is 4.98 Å². The van der Waals surface area contributed by atoms with Gasteiger partial charge in [0.25, 0.3) is 0 Å². The van der Waals surface area contributed by atoms with Gasteiger partial charge in [-0.15, -0.1) is 0 Å². The summed E-state index contributed by atoms with van der Waals surface area (Å²) in [6.45, 7) is 6.88. The van der Waals surface area contributed by atoms with Crippen molar-refractivity contribution >= 4 is 11.0 Å². The van der Waals surface area contributed by atoms with Crippen LogP contribution in [0.15, 0.2) is 24.5 Å². The Kier molecular flexibility index (Phi) is 2.99. The lowest BCUT2D eigenvalue weighted by molar-refractivity contribution is 0.414. The van der Waals surface area contributed by atoms with Gasteiger partial charge in [-0.25, -0.2) is 4.98 Å². The van der Waals surface area contributed by atoms with E-state index in [4.69, 9.17) is 0 Å². The zero-order valence-corrected chi connectivity index (χ0v) is 10.4. The number of aromatic nitrogens is 2. The molecule has 1 unspecified atom stereocenters. The van der Waals surface area contributed by atoms with Crippen LogP contribution in [0.5, 0.6) is 0 Å². The maximum Gasteiger partial charge on any atom is 0.0931 e. The molecular weight excluding hydrogens is 196 g/mol. The third-order valence-electron chi connectivity index (χ3n) is 3.70. The van der Waals surface area contributed by atoms with Gasteiger partial charge in [0.05, 0.1) is 17.4 Å². The summed E-state index contributed by atoms with van der Waals surface area (Å²) in [5.41, 5.74) is 3.93. The molecule has 1 aromatic carbocycles. The number of nitrogens with one attached hydrogen (secondary N) is 1. The minimum Gasteiger partial charge on any atom is -0.345 e. The fourth-order valence-corrected chi connectivity index (χ4v) is 2.39. The molecule has 2 heteroatoms. The molecule has 1 heterocycles. The van der Waals surface area contributed by atoms with Crippen molar-refractivity contribution in [3.8, 4) is 0 Å². The van der Waals surface area contributed by atoms with Crippen molar-refractivity contribution in [3.05, 3.63) is 30.1 Å². The molecule has 2 nitrogen and oxygen atoms in total. The van der Waals surface area contributed by atoms with Gasteiger partial charge >= 0.3 is 0 Å². The number of aromatic amines is 1. The van der Waals surface area contributed by atoms with E-state index >= 15 is 0 Å². The Morgan fingerprint density at radius 2 is 2.12 bits per heavy atom. The van der Waals surface area contributed by atoms with Crippen LogP contribution in [0.1, 0.15) is 45.6 Å². The smallest absolute Gasteiger partial charge is 0.0931 e. The molecular formula is C14H20N2. The van der Waals surface area contributed by atoms with Crippen molar-refractivity contribution in [2.24, 2.45) is 0 Å². The van der Waals surface area contributed by atoms with E-state index < -0.39 is 0 Å². The maximum atomic E-state index is 4.26. The first-order chi connectivity index (χ1) is 7.69. The van der Waals surface area contributed by atoms with Crippen molar-refractivity contribution in [2.75, 3.05) is 0 Å². The molecule has 0 amide bonds. The molecule has 0 saturated heterocycles. The zero-order valence-electron chi connectivity index (χ0n) is 10.4. The van der Waals surface area contributed by atoms with Crippen LogP contribution in [0.2, 0.25) is 0 Å². The minimum atomic E-state index is 0.300. The summed E-state index contributed by atoms with van der Waals surface area (Å²) in [4.78, 5) is 7.45. The third kappa shape index (κ3) is 1.84. The molecule has 1 N–H and O–H groups in total. The number of hydrogen-bond donors (Lipinski definition) is 1. The van der Waals surface area contributed by atoms with Gasteiger partial charge in [0.2, 0.25) is 0 Å². The quantitative estimate of drug-likeness (QED) is 0.821. The van der Waals surface area contributed by atoms with Crippen LogP contribution in [0.3, 0.4) is 0 Å². The normalized spacial score (nSPS) is 15.2. The fourth-order valence-electron chi connectivity index (χ4n) is 2.39. The summed E-state index contributed by atoms with van der Waals surface area (Å²) in [5, 5.41) is 0. The summed E-state index contributed by atoms with van der Waals surface area (Å²) in [7, 11) is 0. The van der Waals surface area contributed by atoms with E-state index in [2.05, 4.69) is 48.9 Å². The number of rotatable bonds is 4. The van der Waals surface area contributed by atoms with Crippen molar-refractivity contribution < 1.29 is 0 Å². The highest BCUT2D eigenvalue weighted by Crippen LogP contribution is 2.33. The maximum absolute atomic E-state index is 4.26. The molecule has 0 aliphatic rings. The molecule has 16 heavy (non-hydrogen) atoms. The fraction of sp³-hybridized carbons (Fsp3) is 0.500. The van der Waals surface area contributed by atoms with Crippen LogP contribution in [0.4, 0.5) is 0 Å². The van der Waals surface area contributed by atoms with Crippen LogP contribution < -0.4 is 0 Å². The SMILES string of the molecule is CCCC(C)(CC)c1ccc2nc[nH]c2c1. The Bertz CT molecular complexity index is 472. The Morgan fingerprint density at radius 1 is 1.31 bits per heavy atom. The number of nitrogens with zero attached hydrogens (tertiary/aromatic N) is 1. The molecule has 0 saturated carbocycles. The van der Waals surface area contributed by atoms with Crippen LogP contribution in [0, 0.1) is 0 Å². The zero-order chi connectivity index (χ0) is 11.6. The van der Waals surface area contributed by atoms with E-state index in [1.807, 2.05) is 0 Å². The van der Waals surface area contributed by atoms with Crippen molar-refractivity contribution in [3.63, 3.8) is 0 Å². The van der Waals surface area contributed by atoms with Crippen LogP contribution in [0.25, 0.3) is 11.0 Å². The number of fused-ring (bicyclic) bond motifs is 1. The van der Waals surface area contributed by atoms with Crippen molar-refractivity contribution in [1.29, 1.82) is 0 Å². The Balaban J connectivity index is 2.44. The molecule has 0 bridgehead atoms. The lowest BCUT2D eigenvalue weighted by Crippen LogP contribution is -2.20. The highest BCUT2D eigenvalue weighted by Gasteiger charge is 2.23. The van der Waals surface area contributed by atoms with Gasteiger partial charge in [-0.05, 0) is 36.0 Å². The minimum absolute atomic E-state index is 0.300. The predicted molar refractivity (Wildman–Crippen MR) is 68.6 cm³/mol. The van der Waals surface area contributed by atoms with Crippen LogP contribution in [-0.2, 0) is 5.41 Å². The van der Waals surface area contributed by atoms with Gasteiger partial charge in [-0.2, -0.15) is 0 Å². The van der Waals surface area contributed by atoms with Gasteiger partial charge in [-0.3, -0.25) is 0 Å². The third-order valence-corrected chi connectivity index (χ3v) is 3.70. The van der Waals surface area contributed by atoms with E-state index in [0.717, 1.165) is 11.0 Å². The van der Waals surface area contributed by atoms with Crippen LogP contribution in [-0.4, -0.2) is 9.97 Å². The molecule has 0 aliphatic heterocycles. The van der Waals surface area contributed by atoms with E-state index in [-0.39, 0.29) is 0 Å². The number of benzene rings is 1. The molecule has 86 valence electrons. The summed E-state index contributed by atoms with van der Waals surface area (Å²) in [6.07, 6.45) is 5.41. The molecule has 0 fully saturated rings. The van der Waals surface area contributed by atoms with Gasteiger partial charge in [0.1, 0.15) is 0 Å². The second-order valence-corrected chi connectivity index (χ2v) is 4.80. The molecule has 1 aromatic heterocycles. The van der Waals surface area contributed by atoms with Gasteiger partial charge in [-0.1, -0.05) is 33.3 Å². The Hall–Kier alpha value is -1.31. The van der Waals surface area contributed by atoms with E-state index in [1.165, 1.54) is 24.8 Å². The average Bonchev–Trinajstić information content (AvgIpc) is 2.76. The predicted octanol–water partition coefficient (Wildman–Crippen LogP) is 4.03. The lowest BCUT2D eigenvalue weighted by atomic mass is 9.76. The Morgan fingerprint density at radius 3 is 2.81 bits per heavy atom. The largest absolute Gasteiger partial charge is 0.345 e. The second-order valence-electron chi connectivity index (χ2n) is 4.80.